The summed E-state index contributed by atoms with van der Waals surface area (Å²) in [6.07, 6.45) is 7.60. The number of fused-ring (bicyclic) bond motifs is 5. The molecule has 0 aliphatic carbocycles. The number of ether oxygens (including phenoxy) is 2. The minimum atomic E-state index is -0.218. The Labute approximate surface area is 223 Å². The van der Waals surface area contributed by atoms with Gasteiger partial charge < -0.3 is 19.3 Å². The number of anilines is 2. The number of thiophene rings is 1. The summed E-state index contributed by atoms with van der Waals surface area (Å²) in [6.45, 7) is 14.7. The number of unbranched alkanes of at least 4 members (excludes halogenated alkanes) is 2. The van der Waals surface area contributed by atoms with Gasteiger partial charge in [-0.05, 0) is 38.5 Å². The van der Waals surface area contributed by atoms with Gasteiger partial charge in [0.1, 0.15) is 10.6 Å². The van der Waals surface area contributed by atoms with Crippen LogP contribution in [0.3, 0.4) is 0 Å². The van der Waals surface area contributed by atoms with Crippen molar-refractivity contribution in [1.82, 2.24) is 15.0 Å². The van der Waals surface area contributed by atoms with E-state index in [9.17, 15) is 0 Å². The first-order valence-electron chi connectivity index (χ1n) is 13.4. The number of pyridine rings is 1. The van der Waals surface area contributed by atoms with Crippen molar-refractivity contribution in [2.75, 3.05) is 55.4 Å². The first-order valence-corrected chi connectivity index (χ1v) is 15.4. The minimum absolute atomic E-state index is 0.218. The summed E-state index contributed by atoms with van der Waals surface area (Å²) in [5.41, 5.74) is 3.43. The number of nitrogens with zero attached hydrogens (tertiary/aromatic N) is 5. The van der Waals surface area contributed by atoms with E-state index in [0.29, 0.717) is 6.61 Å². The van der Waals surface area contributed by atoms with E-state index < -0.39 is 0 Å². The zero-order valence-corrected chi connectivity index (χ0v) is 24.0. The number of hydrogen-bond donors (Lipinski definition) is 0. The van der Waals surface area contributed by atoms with Crippen molar-refractivity contribution < 1.29 is 9.47 Å². The molecule has 1 saturated heterocycles. The lowest BCUT2D eigenvalue weighted by Gasteiger charge is -2.36. The zero-order valence-electron chi connectivity index (χ0n) is 22.4. The Hall–Kier alpha value is -1.68. The highest BCUT2D eigenvalue weighted by Gasteiger charge is 2.34. The average molecular weight is 530 g/mol. The molecule has 0 radical (unpaired) electrons. The molecule has 2 aliphatic rings. The van der Waals surface area contributed by atoms with Gasteiger partial charge in [0.2, 0.25) is 0 Å². The summed E-state index contributed by atoms with van der Waals surface area (Å²) < 4.78 is 13.1. The highest BCUT2D eigenvalue weighted by molar-refractivity contribution is 7.98. The Morgan fingerprint density at radius 2 is 1.75 bits per heavy atom. The standard InChI is InChI=1S/C27H39N5O2S2/c1-6-8-10-31(11-9-7-2)24-22-21(28-26(30-24)35-5)20-18-16-27(3,4)34-17-19(18)23(29-25(20)36-22)32-12-14-33-15-13-32/h6-17H2,1-5H3. The van der Waals surface area contributed by atoms with E-state index in [0.717, 1.165) is 85.8 Å². The van der Waals surface area contributed by atoms with E-state index >= 15 is 0 Å². The van der Waals surface area contributed by atoms with Gasteiger partial charge in [0, 0.05) is 43.5 Å². The van der Waals surface area contributed by atoms with Crippen LogP contribution in [0.25, 0.3) is 20.4 Å². The number of aromatic nitrogens is 3. The van der Waals surface area contributed by atoms with Crippen molar-refractivity contribution >= 4 is 55.2 Å². The topological polar surface area (TPSA) is 63.6 Å². The fraction of sp³-hybridized carbons (Fsp3) is 0.667. The normalized spacial score (nSPS) is 17.6. The molecule has 0 spiro atoms. The highest BCUT2D eigenvalue weighted by Crippen LogP contribution is 2.45. The monoisotopic (exact) mass is 529 g/mol. The molecule has 0 saturated carbocycles. The molecule has 196 valence electrons. The third-order valence-corrected chi connectivity index (χ3v) is 8.80. The lowest BCUT2D eigenvalue weighted by atomic mass is 9.90. The van der Waals surface area contributed by atoms with Gasteiger partial charge in [-0.2, -0.15) is 0 Å². The van der Waals surface area contributed by atoms with Crippen LogP contribution in [0, 0.1) is 0 Å². The summed E-state index contributed by atoms with van der Waals surface area (Å²) >= 11 is 3.39. The second-order valence-electron chi connectivity index (χ2n) is 10.4. The molecule has 0 aromatic carbocycles. The Kier molecular flexibility index (Phi) is 7.91. The number of thioether (sulfide) groups is 1. The molecule has 0 N–H and O–H groups in total. The van der Waals surface area contributed by atoms with Crippen LogP contribution < -0.4 is 9.80 Å². The third-order valence-electron chi connectivity index (χ3n) is 7.19. The minimum Gasteiger partial charge on any atom is -0.378 e. The highest BCUT2D eigenvalue weighted by atomic mass is 32.2. The molecule has 3 aromatic rings. The van der Waals surface area contributed by atoms with Crippen molar-refractivity contribution in [2.45, 2.75) is 77.2 Å². The van der Waals surface area contributed by atoms with E-state index in [1.165, 1.54) is 34.1 Å². The van der Waals surface area contributed by atoms with Crippen molar-refractivity contribution in [3.63, 3.8) is 0 Å². The van der Waals surface area contributed by atoms with Gasteiger partial charge >= 0.3 is 0 Å². The van der Waals surface area contributed by atoms with Crippen molar-refractivity contribution in [1.29, 1.82) is 0 Å². The van der Waals surface area contributed by atoms with Crippen molar-refractivity contribution in [3.05, 3.63) is 11.1 Å². The van der Waals surface area contributed by atoms with Crippen LogP contribution in [0.5, 0.6) is 0 Å². The molecule has 5 rings (SSSR count). The maximum atomic E-state index is 6.32. The Morgan fingerprint density at radius 3 is 2.42 bits per heavy atom. The number of morpholine rings is 1. The molecular formula is C27H39N5O2S2. The Balaban J connectivity index is 1.75. The fourth-order valence-electron chi connectivity index (χ4n) is 5.19. The van der Waals surface area contributed by atoms with Crippen LogP contribution in [0.1, 0.15) is 64.5 Å². The predicted octanol–water partition coefficient (Wildman–Crippen LogP) is 6.06. The van der Waals surface area contributed by atoms with E-state index in [1.807, 2.05) is 0 Å². The second kappa shape index (κ2) is 11.0. The van der Waals surface area contributed by atoms with E-state index in [-0.39, 0.29) is 5.60 Å². The van der Waals surface area contributed by atoms with Crippen LogP contribution in [-0.2, 0) is 22.5 Å². The fourth-order valence-corrected chi connectivity index (χ4v) is 6.70. The largest absolute Gasteiger partial charge is 0.378 e. The SMILES string of the molecule is CCCCN(CCCC)c1nc(SC)nc2c1sc1nc(N3CCOCC3)c3c(c12)CC(C)(C)OC3. The van der Waals surface area contributed by atoms with Crippen molar-refractivity contribution in [2.24, 2.45) is 0 Å². The average Bonchev–Trinajstić information content (AvgIpc) is 3.26. The van der Waals surface area contributed by atoms with Gasteiger partial charge in [0.15, 0.2) is 11.0 Å². The third kappa shape index (κ3) is 5.04. The zero-order chi connectivity index (χ0) is 25.3. The van der Waals surface area contributed by atoms with E-state index in [1.54, 1.807) is 23.1 Å². The summed E-state index contributed by atoms with van der Waals surface area (Å²) in [4.78, 5) is 21.4. The summed E-state index contributed by atoms with van der Waals surface area (Å²) in [5.74, 6) is 2.15. The number of rotatable bonds is 9. The molecule has 0 bridgehead atoms. The predicted molar refractivity (Wildman–Crippen MR) is 152 cm³/mol. The van der Waals surface area contributed by atoms with Crippen molar-refractivity contribution in [3.8, 4) is 0 Å². The molecule has 0 amide bonds. The second-order valence-corrected chi connectivity index (χ2v) is 12.2. The first kappa shape index (κ1) is 25.9. The van der Waals surface area contributed by atoms with Crippen LogP contribution in [0.4, 0.5) is 11.6 Å². The van der Waals surface area contributed by atoms with Gasteiger partial charge in [-0.1, -0.05) is 38.5 Å². The van der Waals surface area contributed by atoms with Crippen LogP contribution in [-0.4, -0.2) is 66.2 Å². The van der Waals surface area contributed by atoms with Gasteiger partial charge in [-0.15, -0.1) is 11.3 Å². The molecule has 36 heavy (non-hydrogen) atoms. The summed E-state index contributed by atoms with van der Waals surface area (Å²) in [6, 6.07) is 0. The molecule has 1 fully saturated rings. The van der Waals surface area contributed by atoms with Gasteiger partial charge in [0.05, 0.1) is 35.6 Å². The molecule has 0 atom stereocenters. The molecule has 0 unspecified atom stereocenters. The molecule has 9 heteroatoms. The lowest BCUT2D eigenvalue weighted by molar-refractivity contribution is -0.0396. The van der Waals surface area contributed by atoms with E-state index in [4.69, 9.17) is 24.4 Å². The molecule has 5 heterocycles. The van der Waals surface area contributed by atoms with E-state index in [2.05, 4.69) is 43.8 Å². The molecular weight excluding hydrogens is 490 g/mol. The molecule has 7 nitrogen and oxygen atoms in total. The first-order chi connectivity index (χ1) is 17.5. The molecule has 2 aliphatic heterocycles. The smallest absolute Gasteiger partial charge is 0.189 e. The van der Waals surface area contributed by atoms with Gasteiger partial charge in [0.25, 0.3) is 0 Å². The molecule has 3 aromatic heterocycles. The summed E-state index contributed by atoms with van der Waals surface area (Å²) in [5, 5.41) is 2.05. The van der Waals surface area contributed by atoms with Gasteiger partial charge in [-0.25, -0.2) is 15.0 Å². The Bertz CT molecular complexity index is 1210. The van der Waals surface area contributed by atoms with Crippen LogP contribution in [0.2, 0.25) is 0 Å². The maximum Gasteiger partial charge on any atom is 0.189 e. The number of hydrogen-bond acceptors (Lipinski definition) is 9. The van der Waals surface area contributed by atoms with Gasteiger partial charge in [-0.3, -0.25) is 0 Å². The van der Waals surface area contributed by atoms with Crippen LogP contribution in [0.15, 0.2) is 5.16 Å². The quantitative estimate of drug-likeness (QED) is 0.245. The summed E-state index contributed by atoms with van der Waals surface area (Å²) in [7, 11) is 0. The lowest BCUT2D eigenvalue weighted by Crippen LogP contribution is -2.39. The Morgan fingerprint density at radius 1 is 1.03 bits per heavy atom. The maximum absolute atomic E-state index is 6.32. The van der Waals surface area contributed by atoms with Crippen LogP contribution >= 0.6 is 23.1 Å².